The maximum absolute atomic E-state index is 13.9. The Hall–Kier alpha value is -4.07. The molecule has 0 aliphatic rings. The van der Waals surface area contributed by atoms with Crippen molar-refractivity contribution >= 4 is 12.2 Å². The van der Waals surface area contributed by atoms with E-state index in [4.69, 9.17) is 0 Å². The number of nitriles is 1. The third kappa shape index (κ3) is 4.17. The molecule has 0 bridgehead atoms. The van der Waals surface area contributed by atoms with Crippen molar-refractivity contribution in [1.82, 2.24) is 9.97 Å². The third-order valence-corrected chi connectivity index (χ3v) is 3.87. The number of benzene rings is 2. The number of halogens is 5. The minimum Gasteiger partial charge on any atom is -0.290 e. The van der Waals surface area contributed by atoms with Gasteiger partial charge in [-0.3, -0.25) is 9.78 Å². The molecule has 3 aromatic rings. The number of H-pyrrole nitrogens is 1. The summed E-state index contributed by atoms with van der Waals surface area (Å²) in [6, 6.07) is 11.2. The van der Waals surface area contributed by atoms with Gasteiger partial charge >= 0.3 is 6.18 Å². The SMILES string of the molecule is N#Cc1c(-c2ccccc2)nc(NN=Cc2ccc(C(F)(F)F)c(F)c2F)[nH]c1=O. The normalized spacial score (nSPS) is 11.5. The van der Waals surface area contributed by atoms with Gasteiger partial charge in [-0.1, -0.05) is 30.3 Å². The molecule has 0 atom stereocenters. The van der Waals surface area contributed by atoms with Crippen LogP contribution in [-0.4, -0.2) is 16.2 Å². The van der Waals surface area contributed by atoms with E-state index in [1.165, 1.54) is 0 Å². The van der Waals surface area contributed by atoms with Crippen LogP contribution in [-0.2, 0) is 6.18 Å². The first kappa shape index (κ1) is 20.7. The molecule has 30 heavy (non-hydrogen) atoms. The largest absolute Gasteiger partial charge is 0.419 e. The van der Waals surface area contributed by atoms with Gasteiger partial charge in [-0.15, -0.1) is 0 Å². The van der Waals surface area contributed by atoms with Gasteiger partial charge in [0.1, 0.15) is 11.6 Å². The van der Waals surface area contributed by atoms with Crippen LogP contribution < -0.4 is 11.0 Å². The minimum absolute atomic E-state index is 0.0614. The molecule has 0 unspecified atom stereocenters. The van der Waals surface area contributed by atoms with Crippen LogP contribution in [0.25, 0.3) is 11.3 Å². The average Bonchev–Trinajstić information content (AvgIpc) is 2.70. The summed E-state index contributed by atoms with van der Waals surface area (Å²) in [6.07, 6.45) is -4.32. The van der Waals surface area contributed by atoms with Crippen molar-refractivity contribution < 1.29 is 22.0 Å². The van der Waals surface area contributed by atoms with E-state index in [1.807, 2.05) is 0 Å². The Kier molecular flexibility index (Phi) is 5.59. The zero-order valence-electron chi connectivity index (χ0n) is 14.8. The summed E-state index contributed by atoms with van der Waals surface area (Å²) in [5, 5.41) is 12.8. The second-order valence-electron chi connectivity index (χ2n) is 5.81. The van der Waals surface area contributed by atoms with E-state index in [1.54, 1.807) is 36.4 Å². The van der Waals surface area contributed by atoms with Crippen molar-refractivity contribution in [1.29, 1.82) is 5.26 Å². The molecule has 2 N–H and O–H groups in total. The van der Waals surface area contributed by atoms with Crippen molar-refractivity contribution in [3.63, 3.8) is 0 Å². The topological polar surface area (TPSA) is 93.9 Å². The smallest absolute Gasteiger partial charge is 0.290 e. The molecular formula is C19H10F5N5O. The number of aromatic nitrogens is 2. The highest BCUT2D eigenvalue weighted by Crippen LogP contribution is 2.32. The number of aromatic amines is 1. The molecule has 0 fully saturated rings. The van der Waals surface area contributed by atoms with Crippen LogP contribution in [0.4, 0.5) is 27.9 Å². The Morgan fingerprint density at radius 3 is 2.43 bits per heavy atom. The number of hydrogen-bond donors (Lipinski definition) is 2. The Morgan fingerprint density at radius 1 is 1.10 bits per heavy atom. The lowest BCUT2D eigenvalue weighted by atomic mass is 10.1. The van der Waals surface area contributed by atoms with Crippen LogP contribution in [0.2, 0.25) is 0 Å². The highest BCUT2D eigenvalue weighted by atomic mass is 19.4. The fraction of sp³-hybridized carbons (Fsp3) is 0.0526. The molecule has 11 heteroatoms. The summed E-state index contributed by atoms with van der Waals surface area (Å²) in [4.78, 5) is 18.4. The summed E-state index contributed by atoms with van der Waals surface area (Å²) in [7, 11) is 0. The fourth-order valence-electron chi connectivity index (χ4n) is 2.48. The predicted octanol–water partition coefficient (Wildman–Crippen LogP) is 4.05. The Labute approximate surface area is 165 Å². The molecule has 1 aromatic heterocycles. The molecular weight excluding hydrogens is 409 g/mol. The number of hydrogen-bond acceptors (Lipinski definition) is 5. The van der Waals surface area contributed by atoms with Crippen molar-refractivity contribution in [3.8, 4) is 17.3 Å². The quantitative estimate of drug-likeness (QED) is 0.379. The maximum Gasteiger partial charge on any atom is 0.419 e. The molecule has 152 valence electrons. The van der Waals surface area contributed by atoms with Crippen molar-refractivity contribution in [2.24, 2.45) is 5.10 Å². The molecule has 0 aliphatic heterocycles. The standard InChI is InChI=1S/C19H10F5N5O/c20-14-11(6-7-13(15(14)21)19(22,23)24)9-26-29-18-27-16(10-4-2-1-3-5-10)12(8-25)17(30)28-18/h1-7,9H,(H2,27,28,29,30). The number of alkyl halides is 3. The summed E-state index contributed by atoms with van der Waals surface area (Å²) in [5.74, 6) is -4.01. The van der Waals surface area contributed by atoms with Gasteiger partial charge in [-0.2, -0.15) is 23.5 Å². The van der Waals surface area contributed by atoms with Gasteiger partial charge < -0.3 is 0 Å². The second kappa shape index (κ2) is 8.12. The van der Waals surface area contributed by atoms with Gasteiger partial charge in [0.2, 0.25) is 5.95 Å². The lowest BCUT2D eigenvalue weighted by molar-refractivity contribution is -0.140. The third-order valence-electron chi connectivity index (χ3n) is 3.87. The summed E-state index contributed by atoms with van der Waals surface area (Å²) in [6.45, 7) is 0. The molecule has 0 spiro atoms. The molecule has 3 rings (SSSR count). The van der Waals surface area contributed by atoms with Crippen molar-refractivity contribution in [3.05, 3.63) is 81.1 Å². The summed E-state index contributed by atoms with van der Waals surface area (Å²) < 4.78 is 65.3. The first-order valence-electron chi connectivity index (χ1n) is 8.16. The Morgan fingerprint density at radius 2 is 1.80 bits per heavy atom. The number of rotatable bonds is 4. The Balaban J connectivity index is 1.91. The van der Waals surface area contributed by atoms with E-state index in [2.05, 4.69) is 20.5 Å². The van der Waals surface area contributed by atoms with E-state index >= 15 is 0 Å². The monoisotopic (exact) mass is 419 g/mol. The van der Waals surface area contributed by atoms with E-state index < -0.39 is 34.5 Å². The van der Waals surface area contributed by atoms with Crippen molar-refractivity contribution in [2.45, 2.75) is 6.18 Å². The zero-order valence-corrected chi connectivity index (χ0v) is 14.8. The van der Waals surface area contributed by atoms with Gasteiger partial charge in [-0.25, -0.2) is 19.2 Å². The molecule has 0 amide bonds. The van der Waals surface area contributed by atoms with Crippen molar-refractivity contribution in [2.75, 3.05) is 5.43 Å². The summed E-state index contributed by atoms with van der Waals surface area (Å²) >= 11 is 0. The van der Waals surface area contributed by atoms with E-state index in [-0.39, 0.29) is 17.2 Å². The van der Waals surface area contributed by atoms with Gasteiger partial charge in [0.05, 0.1) is 17.5 Å². The van der Waals surface area contributed by atoms with Gasteiger partial charge in [-0.05, 0) is 12.1 Å². The summed E-state index contributed by atoms with van der Waals surface area (Å²) in [5.41, 5.74) is -0.509. The number of nitrogens with zero attached hydrogens (tertiary/aromatic N) is 3. The van der Waals surface area contributed by atoms with E-state index in [9.17, 15) is 32.0 Å². The Bertz CT molecular complexity index is 1210. The first-order chi connectivity index (χ1) is 14.2. The zero-order chi connectivity index (χ0) is 21.9. The maximum atomic E-state index is 13.9. The lowest BCUT2D eigenvalue weighted by Crippen LogP contribution is -2.16. The fourth-order valence-corrected chi connectivity index (χ4v) is 2.48. The second-order valence-corrected chi connectivity index (χ2v) is 5.81. The van der Waals surface area contributed by atoms with Crippen LogP contribution in [0.5, 0.6) is 0 Å². The molecule has 0 aliphatic carbocycles. The van der Waals surface area contributed by atoms with Gasteiger partial charge in [0.25, 0.3) is 5.56 Å². The molecule has 0 saturated carbocycles. The predicted molar refractivity (Wildman–Crippen MR) is 97.6 cm³/mol. The van der Waals surface area contributed by atoms with Crippen LogP contribution in [0.15, 0.2) is 52.4 Å². The highest BCUT2D eigenvalue weighted by Gasteiger charge is 2.35. The average molecular weight is 419 g/mol. The minimum atomic E-state index is -5.04. The molecule has 6 nitrogen and oxygen atoms in total. The molecule has 0 radical (unpaired) electrons. The van der Waals surface area contributed by atoms with E-state index in [0.29, 0.717) is 17.7 Å². The molecule has 2 aromatic carbocycles. The number of anilines is 1. The first-order valence-corrected chi connectivity index (χ1v) is 8.16. The molecule has 1 heterocycles. The van der Waals surface area contributed by atoms with Crippen LogP contribution >= 0.6 is 0 Å². The van der Waals surface area contributed by atoms with Crippen LogP contribution in [0, 0.1) is 23.0 Å². The lowest BCUT2D eigenvalue weighted by Gasteiger charge is -2.09. The van der Waals surface area contributed by atoms with Crippen LogP contribution in [0.3, 0.4) is 0 Å². The number of nitrogens with one attached hydrogen (secondary N) is 2. The van der Waals surface area contributed by atoms with Gasteiger partial charge in [0.15, 0.2) is 11.6 Å². The van der Waals surface area contributed by atoms with Crippen LogP contribution in [0.1, 0.15) is 16.7 Å². The van der Waals surface area contributed by atoms with E-state index in [0.717, 1.165) is 6.21 Å². The highest BCUT2D eigenvalue weighted by molar-refractivity contribution is 5.80. The number of hydrazone groups is 1. The van der Waals surface area contributed by atoms with Gasteiger partial charge in [0, 0.05) is 11.1 Å². The molecule has 0 saturated heterocycles.